The van der Waals surface area contributed by atoms with Crippen molar-refractivity contribution in [1.29, 1.82) is 0 Å². The number of hydrogen-bond donors (Lipinski definition) is 0. The van der Waals surface area contributed by atoms with Crippen molar-refractivity contribution in [3.8, 4) is 0 Å². The molecule has 2 aromatic heterocycles. The summed E-state index contributed by atoms with van der Waals surface area (Å²) in [5, 5.41) is 1.25. The first kappa shape index (κ1) is 17.5. The SMILES string of the molecule is Cc1nc(N2CCN(C(=O)OC(C)(C)C)CC2)c2c3c(sc2n1)CCC3. The average Bonchev–Trinajstić information content (AvgIpc) is 3.13. The molecule has 2 aliphatic rings. The van der Waals surface area contributed by atoms with E-state index < -0.39 is 5.60 Å². The number of rotatable bonds is 1. The van der Waals surface area contributed by atoms with Crippen molar-refractivity contribution in [2.24, 2.45) is 0 Å². The Morgan fingerprint density at radius 1 is 1.12 bits per heavy atom. The van der Waals surface area contributed by atoms with E-state index in [0.29, 0.717) is 13.1 Å². The number of thiophene rings is 1. The van der Waals surface area contributed by atoms with E-state index in [0.717, 1.165) is 36.0 Å². The van der Waals surface area contributed by atoms with Crippen LogP contribution >= 0.6 is 11.3 Å². The summed E-state index contributed by atoms with van der Waals surface area (Å²) in [4.78, 5) is 28.5. The Balaban J connectivity index is 1.56. The van der Waals surface area contributed by atoms with Crippen LogP contribution in [0.15, 0.2) is 0 Å². The van der Waals surface area contributed by atoms with Gasteiger partial charge in [0.15, 0.2) is 0 Å². The second-order valence-corrected chi connectivity index (χ2v) is 9.17. The number of aryl methyl sites for hydroxylation is 3. The van der Waals surface area contributed by atoms with E-state index in [1.165, 1.54) is 28.7 Å². The standard InChI is InChI=1S/C19H26N4O2S/c1-12-20-16(15-13-6-5-7-14(13)26-17(15)21-12)22-8-10-23(11-9-22)18(24)25-19(2,3)4/h5-11H2,1-4H3. The summed E-state index contributed by atoms with van der Waals surface area (Å²) < 4.78 is 5.50. The summed E-state index contributed by atoms with van der Waals surface area (Å²) >= 11 is 1.83. The van der Waals surface area contributed by atoms with Crippen molar-refractivity contribution in [2.45, 2.75) is 52.6 Å². The maximum Gasteiger partial charge on any atom is 0.410 e. The molecule has 1 aliphatic heterocycles. The van der Waals surface area contributed by atoms with Crippen LogP contribution in [0.4, 0.5) is 10.6 Å². The fourth-order valence-electron chi connectivity index (χ4n) is 3.74. The number of piperazine rings is 1. The zero-order valence-electron chi connectivity index (χ0n) is 16.0. The second kappa shape index (κ2) is 6.37. The normalized spacial score (nSPS) is 17.7. The van der Waals surface area contributed by atoms with Gasteiger partial charge < -0.3 is 14.5 Å². The van der Waals surface area contributed by atoms with Gasteiger partial charge in [0, 0.05) is 31.1 Å². The van der Waals surface area contributed by atoms with Gasteiger partial charge in [0.1, 0.15) is 22.1 Å². The van der Waals surface area contributed by atoms with Crippen LogP contribution in [-0.2, 0) is 17.6 Å². The fourth-order valence-corrected chi connectivity index (χ4v) is 5.04. The van der Waals surface area contributed by atoms with E-state index in [9.17, 15) is 4.79 Å². The summed E-state index contributed by atoms with van der Waals surface area (Å²) in [6, 6.07) is 0. The Morgan fingerprint density at radius 2 is 1.85 bits per heavy atom. The zero-order chi connectivity index (χ0) is 18.5. The third kappa shape index (κ3) is 3.24. The predicted octanol–water partition coefficient (Wildman–Crippen LogP) is 3.55. The molecule has 0 radical (unpaired) electrons. The molecule has 1 saturated heterocycles. The first-order valence-corrected chi connectivity index (χ1v) is 10.2. The first-order valence-electron chi connectivity index (χ1n) is 9.33. The van der Waals surface area contributed by atoms with Gasteiger partial charge >= 0.3 is 6.09 Å². The van der Waals surface area contributed by atoms with Gasteiger partial charge in [-0.05, 0) is 52.5 Å². The van der Waals surface area contributed by atoms with Crippen molar-refractivity contribution in [3.05, 3.63) is 16.3 Å². The van der Waals surface area contributed by atoms with Gasteiger partial charge in [-0.2, -0.15) is 0 Å². The van der Waals surface area contributed by atoms with Crippen molar-refractivity contribution < 1.29 is 9.53 Å². The maximum absolute atomic E-state index is 12.3. The van der Waals surface area contributed by atoms with Gasteiger partial charge in [-0.15, -0.1) is 11.3 Å². The van der Waals surface area contributed by atoms with Gasteiger partial charge in [-0.3, -0.25) is 0 Å². The lowest BCUT2D eigenvalue weighted by Crippen LogP contribution is -2.50. The quantitative estimate of drug-likeness (QED) is 0.764. The number of carbonyl (C=O) groups is 1. The molecule has 0 atom stereocenters. The molecule has 0 bridgehead atoms. The van der Waals surface area contributed by atoms with E-state index in [-0.39, 0.29) is 6.09 Å². The third-order valence-electron chi connectivity index (χ3n) is 4.89. The lowest BCUT2D eigenvalue weighted by molar-refractivity contribution is 0.0240. The highest BCUT2D eigenvalue weighted by atomic mass is 32.1. The molecule has 26 heavy (non-hydrogen) atoms. The highest BCUT2D eigenvalue weighted by Gasteiger charge is 2.29. The summed E-state index contributed by atoms with van der Waals surface area (Å²) in [6.45, 7) is 10.5. The lowest BCUT2D eigenvalue weighted by atomic mass is 10.1. The molecular formula is C19H26N4O2S. The Bertz CT molecular complexity index is 847. The smallest absolute Gasteiger partial charge is 0.410 e. The van der Waals surface area contributed by atoms with Crippen LogP contribution in [0.2, 0.25) is 0 Å². The van der Waals surface area contributed by atoms with E-state index in [1.807, 2.05) is 39.0 Å². The molecule has 0 N–H and O–H groups in total. The molecule has 0 saturated carbocycles. The largest absolute Gasteiger partial charge is 0.444 e. The Morgan fingerprint density at radius 3 is 2.54 bits per heavy atom. The summed E-state index contributed by atoms with van der Waals surface area (Å²) in [5.74, 6) is 1.87. The molecule has 3 heterocycles. The van der Waals surface area contributed by atoms with Crippen LogP contribution in [0, 0.1) is 6.92 Å². The van der Waals surface area contributed by atoms with Gasteiger partial charge in [-0.25, -0.2) is 14.8 Å². The maximum atomic E-state index is 12.3. The fraction of sp³-hybridized carbons (Fsp3) is 0.632. The molecule has 2 aromatic rings. The Labute approximate surface area is 158 Å². The van der Waals surface area contributed by atoms with Crippen LogP contribution in [0.5, 0.6) is 0 Å². The van der Waals surface area contributed by atoms with Crippen molar-refractivity contribution in [1.82, 2.24) is 14.9 Å². The third-order valence-corrected chi connectivity index (χ3v) is 6.07. The number of aromatic nitrogens is 2. The van der Waals surface area contributed by atoms with E-state index in [1.54, 1.807) is 4.90 Å². The highest BCUT2D eigenvalue weighted by Crippen LogP contribution is 2.40. The number of anilines is 1. The van der Waals surface area contributed by atoms with E-state index >= 15 is 0 Å². The van der Waals surface area contributed by atoms with Crippen LogP contribution in [-0.4, -0.2) is 52.7 Å². The minimum Gasteiger partial charge on any atom is -0.444 e. The Hall–Kier alpha value is -1.89. The second-order valence-electron chi connectivity index (χ2n) is 8.09. The van der Waals surface area contributed by atoms with Gasteiger partial charge in [-0.1, -0.05) is 0 Å². The lowest BCUT2D eigenvalue weighted by Gasteiger charge is -2.36. The topological polar surface area (TPSA) is 58.6 Å². The monoisotopic (exact) mass is 374 g/mol. The molecule has 1 amide bonds. The molecule has 4 rings (SSSR count). The number of carbonyl (C=O) groups excluding carboxylic acids is 1. The molecule has 140 valence electrons. The molecule has 0 aromatic carbocycles. The minimum atomic E-state index is -0.457. The Kier molecular flexibility index (Phi) is 4.29. The molecule has 1 aliphatic carbocycles. The number of amides is 1. The summed E-state index contributed by atoms with van der Waals surface area (Å²) in [6.07, 6.45) is 3.31. The molecule has 6 nitrogen and oxygen atoms in total. The molecule has 1 fully saturated rings. The zero-order valence-corrected chi connectivity index (χ0v) is 16.8. The number of ether oxygens (including phenoxy) is 1. The van der Waals surface area contributed by atoms with Crippen LogP contribution in [0.3, 0.4) is 0 Å². The van der Waals surface area contributed by atoms with Gasteiger partial charge in [0.05, 0.1) is 5.39 Å². The molecule has 0 spiro atoms. The molecule has 7 heteroatoms. The van der Waals surface area contributed by atoms with Gasteiger partial charge in [0.2, 0.25) is 0 Å². The van der Waals surface area contributed by atoms with E-state index in [2.05, 4.69) is 9.88 Å². The first-order chi connectivity index (χ1) is 12.3. The molecule has 0 unspecified atom stereocenters. The average molecular weight is 375 g/mol. The van der Waals surface area contributed by atoms with Crippen molar-refractivity contribution in [3.63, 3.8) is 0 Å². The van der Waals surface area contributed by atoms with Gasteiger partial charge in [0.25, 0.3) is 0 Å². The van der Waals surface area contributed by atoms with Crippen LogP contribution < -0.4 is 4.90 Å². The highest BCUT2D eigenvalue weighted by molar-refractivity contribution is 7.19. The van der Waals surface area contributed by atoms with Crippen molar-refractivity contribution in [2.75, 3.05) is 31.1 Å². The predicted molar refractivity (Wildman–Crippen MR) is 104 cm³/mol. The van der Waals surface area contributed by atoms with Crippen molar-refractivity contribution >= 4 is 33.5 Å². The summed E-state index contributed by atoms with van der Waals surface area (Å²) in [7, 11) is 0. The number of hydrogen-bond acceptors (Lipinski definition) is 6. The summed E-state index contributed by atoms with van der Waals surface area (Å²) in [5.41, 5.74) is 0.996. The van der Waals surface area contributed by atoms with E-state index in [4.69, 9.17) is 9.72 Å². The van der Waals surface area contributed by atoms with Crippen LogP contribution in [0.25, 0.3) is 10.2 Å². The minimum absolute atomic E-state index is 0.224. The number of nitrogens with zero attached hydrogens (tertiary/aromatic N) is 4. The number of fused-ring (bicyclic) bond motifs is 3. The van der Waals surface area contributed by atoms with Crippen LogP contribution in [0.1, 0.15) is 43.5 Å². The molecular weight excluding hydrogens is 348 g/mol.